The van der Waals surface area contributed by atoms with Crippen molar-refractivity contribution in [2.75, 3.05) is 7.11 Å². The number of carbonyl (C=O) groups excluding carboxylic acids is 1. The van der Waals surface area contributed by atoms with E-state index in [4.69, 9.17) is 4.74 Å². The van der Waals surface area contributed by atoms with Crippen LogP contribution in [-0.2, 0) is 4.79 Å². The summed E-state index contributed by atoms with van der Waals surface area (Å²) in [6, 6.07) is 15.0. The van der Waals surface area contributed by atoms with E-state index < -0.39 is 6.10 Å². The van der Waals surface area contributed by atoms with Crippen LogP contribution >= 0.6 is 0 Å². The molecular formula is C19H20O3. The first-order chi connectivity index (χ1) is 10.6. The van der Waals surface area contributed by atoms with Crippen LogP contribution in [0.5, 0.6) is 5.75 Å². The Morgan fingerprint density at radius 3 is 2.36 bits per heavy atom. The highest BCUT2D eigenvalue weighted by atomic mass is 16.5. The summed E-state index contributed by atoms with van der Waals surface area (Å²) in [6.45, 7) is 2.02. The van der Waals surface area contributed by atoms with Gasteiger partial charge < -0.3 is 9.84 Å². The molecule has 0 saturated heterocycles. The van der Waals surface area contributed by atoms with Crippen LogP contribution in [-0.4, -0.2) is 18.0 Å². The van der Waals surface area contributed by atoms with Gasteiger partial charge in [-0.1, -0.05) is 48.0 Å². The molecule has 3 heteroatoms. The third-order valence-electron chi connectivity index (χ3n) is 3.43. The normalized spacial score (nSPS) is 12.3. The SMILES string of the molecule is COc1ccc(C(O)CC(=O)/C=C/c2ccc(C)cc2)cc1. The van der Waals surface area contributed by atoms with Crippen LogP contribution in [0, 0.1) is 6.92 Å². The minimum absolute atomic E-state index is 0.0642. The number of methoxy groups -OCH3 is 1. The molecule has 0 heterocycles. The van der Waals surface area contributed by atoms with Gasteiger partial charge in [-0.25, -0.2) is 0 Å². The molecule has 0 aromatic heterocycles. The fraction of sp³-hybridized carbons (Fsp3) is 0.211. The zero-order valence-electron chi connectivity index (χ0n) is 12.8. The molecule has 1 unspecified atom stereocenters. The van der Waals surface area contributed by atoms with Gasteiger partial charge >= 0.3 is 0 Å². The molecule has 2 aromatic rings. The van der Waals surface area contributed by atoms with E-state index in [9.17, 15) is 9.90 Å². The molecule has 0 spiro atoms. The summed E-state index contributed by atoms with van der Waals surface area (Å²) >= 11 is 0. The lowest BCUT2D eigenvalue weighted by Gasteiger charge is -2.09. The molecule has 0 aliphatic rings. The number of rotatable bonds is 6. The molecule has 0 bridgehead atoms. The molecule has 0 aliphatic heterocycles. The lowest BCUT2D eigenvalue weighted by Crippen LogP contribution is -2.04. The minimum atomic E-state index is -0.805. The third kappa shape index (κ3) is 4.57. The van der Waals surface area contributed by atoms with Crippen molar-refractivity contribution < 1.29 is 14.6 Å². The number of allylic oxidation sites excluding steroid dienone is 1. The van der Waals surface area contributed by atoms with E-state index in [1.165, 1.54) is 11.6 Å². The molecule has 0 saturated carbocycles. The van der Waals surface area contributed by atoms with E-state index in [0.717, 1.165) is 11.3 Å². The second kappa shape index (κ2) is 7.57. The first-order valence-electron chi connectivity index (χ1n) is 7.18. The standard InChI is InChI=1S/C19H20O3/c1-14-3-5-15(6-4-14)7-10-17(20)13-19(21)16-8-11-18(22-2)12-9-16/h3-12,19,21H,13H2,1-2H3/b10-7+. The van der Waals surface area contributed by atoms with Crippen molar-refractivity contribution in [3.05, 3.63) is 71.3 Å². The molecule has 0 fully saturated rings. The molecule has 0 aliphatic carbocycles. The summed E-state index contributed by atoms with van der Waals surface area (Å²) in [7, 11) is 1.59. The van der Waals surface area contributed by atoms with Gasteiger partial charge in [-0.2, -0.15) is 0 Å². The first kappa shape index (κ1) is 16.0. The van der Waals surface area contributed by atoms with Gasteiger partial charge in [0, 0.05) is 6.42 Å². The van der Waals surface area contributed by atoms with E-state index in [-0.39, 0.29) is 12.2 Å². The van der Waals surface area contributed by atoms with Crippen LogP contribution in [0.25, 0.3) is 6.08 Å². The topological polar surface area (TPSA) is 46.5 Å². The van der Waals surface area contributed by atoms with Crippen molar-refractivity contribution in [1.82, 2.24) is 0 Å². The number of hydrogen-bond donors (Lipinski definition) is 1. The Balaban J connectivity index is 1.94. The Labute approximate surface area is 130 Å². The van der Waals surface area contributed by atoms with Crippen LogP contribution < -0.4 is 4.74 Å². The lowest BCUT2D eigenvalue weighted by atomic mass is 10.0. The number of ketones is 1. The van der Waals surface area contributed by atoms with Gasteiger partial charge in [-0.05, 0) is 36.3 Å². The van der Waals surface area contributed by atoms with Crippen LogP contribution in [0.15, 0.2) is 54.6 Å². The Morgan fingerprint density at radius 2 is 1.77 bits per heavy atom. The van der Waals surface area contributed by atoms with Crippen molar-refractivity contribution in [3.63, 3.8) is 0 Å². The van der Waals surface area contributed by atoms with Crippen LogP contribution in [0.1, 0.15) is 29.2 Å². The second-order valence-electron chi connectivity index (χ2n) is 5.20. The zero-order valence-corrected chi connectivity index (χ0v) is 12.8. The maximum Gasteiger partial charge on any atom is 0.158 e. The molecule has 114 valence electrons. The van der Waals surface area contributed by atoms with E-state index in [2.05, 4.69) is 0 Å². The van der Waals surface area contributed by atoms with Crippen molar-refractivity contribution in [2.24, 2.45) is 0 Å². The molecule has 1 atom stereocenters. The number of ether oxygens (including phenoxy) is 1. The van der Waals surface area contributed by atoms with E-state index in [1.807, 2.05) is 31.2 Å². The van der Waals surface area contributed by atoms with Gasteiger partial charge in [0.2, 0.25) is 0 Å². The average Bonchev–Trinajstić information content (AvgIpc) is 2.54. The predicted octanol–water partition coefficient (Wildman–Crippen LogP) is 3.71. The lowest BCUT2D eigenvalue weighted by molar-refractivity contribution is -0.116. The fourth-order valence-electron chi connectivity index (χ4n) is 2.07. The third-order valence-corrected chi connectivity index (χ3v) is 3.43. The summed E-state index contributed by atoms with van der Waals surface area (Å²) in [5.74, 6) is 0.616. The number of carbonyl (C=O) groups is 1. The monoisotopic (exact) mass is 296 g/mol. The zero-order chi connectivity index (χ0) is 15.9. The van der Waals surface area contributed by atoms with E-state index in [1.54, 1.807) is 37.5 Å². The van der Waals surface area contributed by atoms with Gasteiger partial charge in [0.15, 0.2) is 5.78 Å². The molecule has 22 heavy (non-hydrogen) atoms. The molecule has 1 N–H and O–H groups in total. The van der Waals surface area contributed by atoms with Crippen molar-refractivity contribution in [3.8, 4) is 5.75 Å². The first-order valence-corrected chi connectivity index (χ1v) is 7.18. The highest BCUT2D eigenvalue weighted by molar-refractivity contribution is 5.93. The minimum Gasteiger partial charge on any atom is -0.497 e. The number of benzene rings is 2. The Kier molecular flexibility index (Phi) is 5.50. The Bertz CT molecular complexity index is 639. The molecule has 0 amide bonds. The van der Waals surface area contributed by atoms with Crippen LogP contribution in [0.2, 0.25) is 0 Å². The van der Waals surface area contributed by atoms with Crippen LogP contribution in [0.3, 0.4) is 0 Å². The molecular weight excluding hydrogens is 276 g/mol. The molecule has 2 rings (SSSR count). The Hall–Kier alpha value is -2.39. The van der Waals surface area contributed by atoms with Gasteiger partial charge in [0.25, 0.3) is 0 Å². The predicted molar refractivity (Wildman–Crippen MR) is 87.8 cm³/mol. The van der Waals surface area contributed by atoms with Gasteiger partial charge in [0.1, 0.15) is 5.75 Å². The van der Waals surface area contributed by atoms with Gasteiger partial charge in [0.05, 0.1) is 13.2 Å². The number of hydrogen-bond acceptors (Lipinski definition) is 3. The fourth-order valence-corrected chi connectivity index (χ4v) is 2.07. The maximum absolute atomic E-state index is 11.9. The number of aryl methyl sites for hydroxylation is 1. The van der Waals surface area contributed by atoms with Crippen molar-refractivity contribution in [2.45, 2.75) is 19.4 Å². The molecule has 0 radical (unpaired) electrons. The highest BCUT2D eigenvalue weighted by Crippen LogP contribution is 2.20. The van der Waals surface area contributed by atoms with Crippen molar-refractivity contribution in [1.29, 1.82) is 0 Å². The highest BCUT2D eigenvalue weighted by Gasteiger charge is 2.11. The summed E-state index contributed by atoms with van der Waals surface area (Å²) in [5.41, 5.74) is 2.86. The second-order valence-corrected chi connectivity index (χ2v) is 5.20. The number of aliphatic hydroxyl groups is 1. The average molecular weight is 296 g/mol. The molecule has 2 aromatic carbocycles. The van der Waals surface area contributed by atoms with E-state index >= 15 is 0 Å². The molecule has 3 nitrogen and oxygen atoms in total. The quantitative estimate of drug-likeness (QED) is 0.827. The summed E-state index contributed by atoms with van der Waals surface area (Å²) in [5, 5.41) is 10.1. The summed E-state index contributed by atoms with van der Waals surface area (Å²) in [4.78, 5) is 11.9. The van der Waals surface area contributed by atoms with E-state index in [0.29, 0.717) is 5.56 Å². The largest absolute Gasteiger partial charge is 0.497 e. The smallest absolute Gasteiger partial charge is 0.158 e. The summed E-state index contributed by atoms with van der Waals surface area (Å²) in [6.07, 6.45) is 2.54. The Morgan fingerprint density at radius 1 is 1.14 bits per heavy atom. The maximum atomic E-state index is 11.9. The van der Waals surface area contributed by atoms with Crippen LogP contribution in [0.4, 0.5) is 0 Å². The van der Waals surface area contributed by atoms with Crippen molar-refractivity contribution >= 4 is 11.9 Å². The van der Waals surface area contributed by atoms with Gasteiger partial charge in [-0.3, -0.25) is 4.79 Å². The van der Waals surface area contributed by atoms with Gasteiger partial charge in [-0.15, -0.1) is 0 Å². The summed E-state index contributed by atoms with van der Waals surface area (Å²) < 4.78 is 5.07. The number of aliphatic hydroxyl groups excluding tert-OH is 1.